The molecule has 0 radical (unpaired) electrons. The van der Waals surface area contributed by atoms with Crippen molar-refractivity contribution in [2.45, 2.75) is 33.6 Å². The van der Waals surface area contributed by atoms with Gasteiger partial charge in [-0.25, -0.2) is 9.78 Å². The Hall–Kier alpha value is -2.35. The number of ether oxygens (including phenoxy) is 1. The molecule has 0 fully saturated rings. The molecular weight excluding hydrogens is 340 g/mol. The number of benzene rings is 1. The Bertz CT molecular complexity index is 758. The highest BCUT2D eigenvalue weighted by Crippen LogP contribution is 2.35. The molecule has 0 bridgehead atoms. The van der Waals surface area contributed by atoms with E-state index in [1.165, 1.54) is 11.3 Å². The highest BCUT2D eigenvalue weighted by molar-refractivity contribution is 7.22. The fourth-order valence-electron chi connectivity index (χ4n) is 2.14. The Kier molecular flexibility index (Phi) is 6.58. The zero-order valence-electron chi connectivity index (χ0n) is 14.9. The number of fused-ring (bicyclic) bond motifs is 1. The minimum absolute atomic E-state index is 0.0964. The molecule has 1 aromatic heterocycles. The topological polar surface area (TPSA) is 92.3 Å². The fraction of sp³-hybridized carbons (Fsp3) is 0.471. The Morgan fingerprint density at radius 2 is 2.04 bits per heavy atom. The average molecular weight is 364 g/mol. The van der Waals surface area contributed by atoms with Crippen molar-refractivity contribution in [2.24, 2.45) is 5.92 Å². The molecule has 1 heterocycles. The molecule has 0 unspecified atom stereocenters. The van der Waals surface area contributed by atoms with E-state index in [1.807, 2.05) is 6.07 Å². The number of hydrogen-bond acceptors (Lipinski definition) is 5. The predicted octanol–water partition coefficient (Wildman–Crippen LogP) is 3.82. The lowest BCUT2D eigenvalue weighted by molar-refractivity contribution is -0.115. The summed E-state index contributed by atoms with van der Waals surface area (Å²) in [5, 5.41) is 8.89. The van der Waals surface area contributed by atoms with Crippen molar-refractivity contribution in [1.82, 2.24) is 10.3 Å². The van der Waals surface area contributed by atoms with Crippen LogP contribution in [0.5, 0.6) is 5.75 Å². The molecule has 0 aliphatic carbocycles. The van der Waals surface area contributed by atoms with Gasteiger partial charge < -0.3 is 20.7 Å². The number of urea groups is 1. The third kappa shape index (κ3) is 5.32. The highest BCUT2D eigenvalue weighted by Gasteiger charge is 2.13. The lowest BCUT2D eigenvalue weighted by Crippen LogP contribution is -2.30. The van der Waals surface area contributed by atoms with Crippen LogP contribution in [0.1, 0.15) is 33.6 Å². The maximum Gasteiger partial charge on any atom is 0.319 e. The van der Waals surface area contributed by atoms with Gasteiger partial charge >= 0.3 is 6.03 Å². The normalized spacial score (nSPS) is 10.8. The van der Waals surface area contributed by atoms with Gasteiger partial charge in [-0.15, -0.1) is 0 Å². The number of hydrogen-bond donors (Lipinski definition) is 3. The van der Waals surface area contributed by atoms with Gasteiger partial charge in [0.1, 0.15) is 11.3 Å². The van der Waals surface area contributed by atoms with Crippen molar-refractivity contribution in [3.05, 3.63) is 12.1 Å². The van der Waals surface area contributed by atoms with Gasteiger partial charge in [-0.1, -0.05) is 32.1 Å². The second-order valence-electron chi connectivity index (χ2n) is 6.01. The van der Waals surface area contributed by atoms with Crippen LogP contribution in [-0.4, -0.2) is 30.6 Å². The minimum Gasteiger partial charge on any atom is -0.494 e. The van der Waals surface area contributed by atoms with E-state index in [4.69, 9.17) is 4.74 Å². The van der Waals surface area contributed by atoms with Crippen LogP contribution in [0.2, 0.25) is 0 Å². The molecule has 3 N–H and O–H groups in total. The average Bonchev–Trinajstić information content (AvgIpc) is 2.95. The van der Waals surface area contributed by atoms with Crippen LogP contribution in [0.3, 0.4) is 0 Å². The standard InChI is InChI=1S/C17H24N4O3S/c1-5-14(22)20-17-21-15-12(24-4)8-11(9-13(15)25-17)19-16(23)18-7-6-10(2)3/h8-10H,5-7H2,1-4H3,(H2,18,19,23)(H,20,21,22). The van der Waals surface area contributed by atoms with Crippen molar-refractivity contribution in [3.63, 3.8) is 0 Å². The molecule has 0 aliphatic heterocycles. The van der Waals surface area contributed by atoms with Gasteiger partial charge in [-0.05, 0) is 18.4 Å². The molecule has 2 aromatic rings. The monoisotopic (exact) mass is 364 g/mol. The van der Waals surface area contributed by atoms with E-state index >= 15 is 0 Å². The van der Waals surface area contributed by atoms with E-state index in [2.05, 4.69) is 34.8 Å². The number of nitrogens with zero attached hydrogens (tertiary/aromatic N) is 1. The maximum atomic E-state index is 12.0. The van der Waals surface area contributed by atoms with Crippen LogP contribution in [0, 0.1) is 5.92 Å². The summed E-state index contributed by atoms with van der Waals surface area (Å²) >= 11 is 1.34. The lowest BCUT2D eigenvalue weighted by Gasteiger charge is -2.10. The summed E-state index contributed by atoms with van der Waals surface area (Å²) in [5.74, 6) is 0.981. The molecule has 25 heavy (non-hydrogen) atoms. The minimum atomic E-state index is -0.258. The largest absolute Gasteiger partial charge is 0.494 e. The Morgan fingerprint density at radius 1 is 1.28 bits per heavy atom. The van der Waals surface area contributed by atoms with Crippen LogP contribution in [0.4, 0.5) is 15.6 Å². The first-order valence-electron chi connectivity index (χ1n) is 8.26. The number of amides is 3. The molecule has 8 heteroatoms. The fourth-order valence-corrected chi connectivity index (χ4v) is 3.08. The van der Waals surface area contributed by atoms with Crippen LogP contribution >= 0.6 is 11.3 Å². The first-order valence-corrected chi connectivity index (χ1v) is 9.07. The number of aromatic nitrogens is 1. The molecular formula is C17H24N4O3S. The van der Waals surface area contributed by atoms with E-state index in [0.717, 1.165) is 11.1 Å². The third-order valence-corrected chi connectivity index (χ3v) is 4.43. The third-order valence-electron chi connectivity index (χ3n) is 3.51. The molecule has 0 atom stereocenters. The van der Waals surface area contributed by atoms with Crippen LogP contribution in [0.15, 0.2) is 12.1 Å². The Labute approximate surface area is 151 Å². The van der Waals surface area contributed by atoms with Crippen molar-refractivity contribution >= 4 is 44.3 Å². The molecule has 3 amide bonds. The molecule has 0 spiro atoms. The lowest BCUT2D eigenvalue weighted by atomic mass is 10.1. The van der Waals surface area contributed by atoms with Gasteiger partial charge in [0.15, 0.2) is 5.13 Å². The van der Waals surface area contributed by atoms with E-state index in [1.54, 1.807) is 20.1 Å². The smallest absolute Gasteiger partial charge is 0.319 e. The van der Waals surface area contributed by atoms with Crippen LogP contribution in [-0.2, 0) is 4.79 Å². The number of methoxy groups -OCH3 is 1. The van der Waals surface area contributed by atoms with Crippen LogP contribution < -0.4 is 20.7 Å². The number of anilines is 2. The summed E-state index contributed by atoms with van der Waals surface area (Å²) in [6.45, 7) is 6.62. The zero-order valence-corrected chi connectivity index (χ0v) is 15.8. The number of carbonyl (C=O) groups is 2. The van der Waals surface area contributed by atoms with Crippen molar-refractivity contribution in [3.8, 4) is 5.75 Å². The quantitative estimate of drug-likeness (QED) is 0.696. The summed E-state index contributed by atoms with van der Waals surface area (Å²) < 4.78 is 6.19. The number of rotatable bonds is 7. The number of nitrogens with one attached hydrogen (secondary N) is 3. The molecule has 1 aromatic carbocycles. The molecule has 7 nitrogen and oxygen atoms in total. The summed E-state index contributed by atoms with van der Waals surface area (Å²) in [4.78, 5) is 27.9. The van der Waals surface area contributed by atoms with E-state index in [9.17, 15) is 9.59 Å². The van der Waals surface area contributed by atoms with Gasteiger partial charge in [0, 0.05) is 24.7 Å². The SMILES string of the molecule is CCC(=O)Nc1nc2c(OC)cc(NC(=O)NCCC(C)C)cc2s1. The van der Waals surface area contributed by atoms with Crippen molar-refractivity contribution in [2.75, 3.05) is 24.3 Å². The molecule has 0 aliphatic rings. The first-order chi connectivity index (χ1) is 11.9. The zero-order chi connectivity index (χ0) is 18.4. The summed E-state index contributed by atoms with van der Waals surface area (Å²) in [7, 11) is 1.55. The number of thiazole rings is 1. The molecule has 0 saturated heterocycles. The first kappa shape index (κ1) is 19.0. The van der Waals surface area contributed by atoms with E-state index < -0.39 is 0 Å². The van der Waals surface area contributed by atoms with Crippen LogP contribution in [0.25, 0.3) is 10.2 Å². The number of carbonyl (C=O) groups excluding carboxylic acids is 2. The Balaban J connectivity index is 2.15. The predicted molar refractivity (Wildman–Crippen MR) is 102 cm³/mol. The van der Waals surface area contributed by atoms with E-state index in [0.29, 0.717) is 41.0 Å². The van der Waals surface area contributed by atoms with Gasteiger partial charge in [0.2, 0.25) is 5.91 Å². The summed E-state index contributed by atoms with van der Waals surface area (Å²) in [6.07, 6.45) is 1.31. The molecule has 136 valence electrons. The van der Waals surface area contributed by atoms with E-state index in [-0.39, 0.29) is 11.9 Å². The van der Waals surface area contributed by atoms with Crippen molar-refractivity contribution < 1.29 is 14.3 Å². The van der Waals surface area contributed by atoms with Gasteiger partial charge in [0.25, 0.3) is 0 Å². The maximum absolute atomic E-state index is 12.0. The summed E-state index contributed by atoms with van der Waals surface area (Å²) in [6, 6.07) is 3.28. The highest BCUT2D eigenvalue weighted by atomic mass is 32.1. The molecule has 0 saturated carbocycles. The van der Waals surface area contributed by atoms with Gasteiger partial charge in [-0.2, -0.15) is 0 Å². The second kappa shape index (κ2) is 8.66. The second-order valence-corrected chi connectivity index (χ2v) is 7.04. The Morgan fingerprint density at radius 3 is 2.68 bits per heavy atom. The van der Waals surface area contributed by atoms with Crippen molar-refractivity contribution in [1.29, 1.82) is 0 Å². The van der Waals surface area contributed by atoms with Gasteiger partial charge in [-0.3, -0.25) is 4.79 Å². The van der Waals surface area contributed by atoms with Gasteiger partial charge in [0.05, 0.1) is 11.8 Å². The molecule has 2 rings (SSSR count). The summed E-state index contributed by atoms with van der Waals surface area (Å²) in [5.41, 5.74) is 1.27.